The smallest absolute Gasteiger partial charge is 0.272 e. The first-order valence-electron chi connectivity index (χ1n) is 10.3. The number of benzene rings is 1. The Morgan fingerprint density at radius 3 is 2.67 bits per heavy atom. The van der Waals surface area contributed by atoms with Crippen LogP contribution in [0.5, 0.6) is 0 Å². The minimum absolute atomic E-state index is 0.0464. The summed E-state index contributed by atoms with van der Waals surface area (Å²) >= 11 is 0. The summed E-state index contributed by atoms with van der Waals surface area (Å²) < 4.78 is 5.47. The summed E-state index contributed by atoms with van der Waals surface area (Å²) in [7, 11) is 1.00. The average molecular weight is 419 g/mol. The summed E-state index contributed by atoms with van der Waals surface area (Å²) in [5.74, 6) is -0.196. The van der Waals surface area contributed by atoms with Crippen LogP contribution < -0.4 is 10.6 Å². The molecule has 3 rings (SSSR count). The third-order valence-electron chi connectivity index (χ3n) is 4.50. The number of hydrogen-bond acceptors (Lipinski definition) is 7. The summed E-state index contributed by atoms with van der Waals surface area (Å²) in [6.45, 7) is 5.84. The summed E-state index contributed by atoms with van der Waals surface area (Å²) in [4.78, 5) is 29.9. The van der Waals surface area contributed by atoms with E-state index < -0.39 is 0 Å². The lowest BCUT2D eigenvalue weighted by Crippen LogP contribution is -2.44. The molecule has 0 spiro atoms. The van der Waals surface area contributed by atoms with Gasteiger partial charge in [0, 0.05) is 19.4 Å². The van der Waals surface area contributed by atoms with E-state index in [-0.39, 0.29) is 18.5 Å². The first kappa shape index (κ1) is 25.3. The molecule has 8 nitrogen and oxygen atoms in total. The Bertz CT molecular complexity index is 692. The standard InChI is InChI=1S/C19H24N4O3.C2H6.CH4O/c24-11-9-23-10-13-26-12-8-20-14-21-17-7-6-16(22-18(17)19(23)25)15-4-2-1-3-5-15;2*1-2/h1-5,11,14,16,22H,6-10,12-13H2,(H,20,21);1-2H3;2H,1H3. The second-order valence-electron chi connectivity index (χ2n) is 6.21. The van der Waals surface area contributed by atoms with Crippen molar-refractivity contribution in [3.63, 3.8) is 0 Å². The molecular formula is C22H34N4O4. The Morgan fingerprint density at radius 2 is 1.97 bits per heavy atom. The first-order chi connectivity index (χ1) is 14.8. The molecule has 8 heteroatoms. The van der Waals surface area contributed by atoms with Crippen molar-refractivity contribution in [1.82, 2.24) is 15.5 Å². The van der Waals surface area contributed by atoms with E-state index in [9.17, 15) is 9.59 Å². The zero-order valence-electron chi connectivity index (χ0n) is 18.1. The molecule has 0 aliphatic carbocycles. The topological polar surface area (TPSA) is 103 Å². The number of ether oxygens (including phenoxy) is 1. The summed E-state index contributed by atoms with van der Waals surface area (Å²) in [6, 6.07) is 10.1. The highest BCUT2D eigenvalue weighted by Gasteiger charge is 2.28. The van der Waals surface area contributed by atoms with Gasteiger partial charge in [-0.15, -0.1) is 0 Å². The average Bonchev–Trinajstić information content (AvgIpc) is 2.82. The fourth-order valence-electron chi connectivity index (χ4n) is 3.12. The van der Waals surface area contributed by atoms with E-state index in [1.807, 2.05) is 32.0 Å². The van der Waals surface area contributed by atoms with Gasteiger partial charge in [0.25, 0.3) is 5.91 Å². The molecule has 0 saturated carbocycles. The Hall–Kier alpha value is -2.71. The Kier molecular flexibility index (Phi) is 12.8. The Morgan fingerprint density at radius 1 is 1.23 bits per heavy atom. The second-order valence-corrected chi connectivity index (χ2v) is 6.21. The molecule has 1 aromatic carbocycles. The van der Waals surface area contributed by atoms with E-state index >= 15 is 0 Å². The summed E-state index contributed by atoms with van der Waals surface area (Å²) in [6.07, 6.45) is 3.96. The molecule has 0 aromatic heterocycles. The normalized spacial score (nSPS) is 19.3. The van der Waals surface area contributed by atoms with Crippen LogP contribution in [0.1, 0.15) is 38.3 Å². The highest BCUT2D eigenvalue weighted by Crippen LogP contribution is 2.28. The summed E-state index contributed by atoms with van der Waals surface area (Å²) in [5, 5.41) is 13.5. The van der Waals surface area contributed by atoms with Crippen LogP contribution in [0, 0.1) is 0 Å². The van der Waals surface area contributed by atoms with Crippen LogP contribution in [0.25, 0.3) is 0 Å². The van der Waals surface area contributed by atoms with Crippen molar-refractivity contribution in [1.29, 1.82) is 0 Å². The van der Waals surface area contributed by atoms with Crippen LogP contribution in [-0.2, 0) is 14.3 Å². The molecule has 1 unspecified atom stereocenters. The van der Waals surface area contributed by atoms with Crippen molar-refractivity contribution in [3.05, 3.63) is 47.3 Å². The molecule has 30 heavy (non-hydrogen) atoms. The van der Waals surface area contributed by atoms with Crippen molar-refractivity contribution in [2.75, 3.05) is 40.0 Å². The van der Waals surface area contributed by atoms with Gasteiger partial charge in [-0.25, -0.2) is 0 Å². The molecule has 1 amide bonds. The molecule has 166 valence electrons. The van der Waals surface area contributed by atoms with Gasteiger partial charge in [-0.1, -0.05) is 44.2 Å². The van der Waals surface area contributed by atoms with Crippen molar-refractivity contribution in [2.45, 2.75) is 32.7 Å². The molecule has 3 N–H and O–H groups in total. The SMILES string of the molecule is CC.CO.O=CCN1CCOCCN=CNC2=C(NC(c3ccccc3)CC2)C1=O. The van der Waals surface area contributed by atoms with Crippen molar-refractivity contribution in [3.8, 4) is 0 Å². The molecule has 1 aromatic rings. The zero-order valence-corrected chi connectivity index (χ0v) is 18.1. The van der Waals surface area contributed by atoms with Gasteiger partial charge in [0.1, 0.15) is 12.0 Å². The van der Waals surface area contributed by atoms with E-state index in [2.05, 4.69) is 27.8 Å². The fraction of sp³-hybridized carbons (Fsp3) is 0.500. The molecule has 0 bridgehead atoms. The van der Waals surface area contributed by atoms with Crippen LogP contribution in [0.15, 0.2) is 46.7 Å². The number of hydrogen-bond donors (Lipinski definition) is 3. The highest BCUT2D eigenvalue weighted by molar-refractivity contribution is 5.95. The maximum Gasteiger partial charge on any atom is 0.272 e. The molecular weight excluding hydrogens is 384 g/mol. The lowest BCUT2D eigenvalue weighted by molar-refractivity contribution is -0.130. The zero-order chi connectivity index (χ0) is 22.2. The van der Waals surface area contributed by atoms with E-state index in [1.165, 1.54) is 4.90 Å². The monoisotopic (exact) mass is 418 g/mol. The lowest BCUT2D eigenvalue weighted by atomic mass is 9.96. The van der Waals surface area contributed by atoms with Gasteiger partial charge in [-0.3, -0.25) is 9.79 Å². The van der Waals surface area contributed by atoms with E-state index in [4.69, 9.17) is 9.84 Å². The van der Waals surface area contributed by atoms with E-state index in [0.29, 0.717) is 32.0 Å². The van der Waals surface area contributed by atoms with Gasteiger partial charge >= 0.3 is 0 Å². The van der Waals surface area contributed by atoms with Crippen LogP contribution >= 0.6 is 0 Å². The minimum atomic E-state index is -0.196. The van der Waals surface area contributed by atoms with Crippen LogP contribution in [0.4, 0.5) is 0 Å². The second kappa shape index (κ2) is 15.2. The quantitative estimate of drug-likeness (QED) is 0.645. The Balaban J connectivity index is 0.00000106. The van der Waals surface area contributed by atoms with Crippen LogP contribution in [0.3, 0.4) is 0 Å². The third kappa shape index (κ3) is 7.61. The van der Waals surface area contributed by atoms with Gasteiger partial charge in [-0.2, -0.15) is 0 Å². The number of allylic oxidation sites excluding steroid dienone is 1. The maximum atomic E-state index is 13.1. The number of amides is 1. The number of aliphatic hydroxyl groups excluding tert-OH is 1. The number of nitrogens with one attached hydrogen (secondary N) is 2. The van der Waals surface area contributed by atoms with E-state index in [0.717, 1.165) is 37.5 Å². The summed E-state index contributed by atoms with van der Waals surface area (Å²) in [5.41, 5.74) is 2.44. The van der Waals surface area contributed by atoms with E-state index in [1.54, 1.807) is 6.34 Å². The van der Waals surface area contributed by atoms with Crippen molar-refractivity contribution in [2.24, 2.45) is 4.99 Å². The molecule has 2 aliphatic rings. The molecule has 1 atom stereocenters. The third-order valence-corrected chi connectivity index (χ3v) is 4.50. The number of rotatable bonds is 3. The molecule has 2 aliphatic heterocycles. The fourth-order valence-corrected chi connectivity index (χ4v) is 3.12. The number of nitrogens with zero attached hydrogens (tertiary/aromatic N) is 2. The molecule has 0 fully saturated rings. The molecule has 2 heterocycles. The van der Waals surface area contributed by atoms with Crippen LogP contribution in [-0.4, -0.2) is 68.5 Å². The lowest BCUT2D eigenvalue weighted by Gasteiger charge is -2.32. The Labute approximate surface area is 179 Å². The van der Waals surface area contributed by atoms with Crippen molar-refractivity contribution >= 4 is 18.5 Å². The number of carbonyl (C=O) groups excluding carboxylic acids is 2. The number of carbonyl (C=O) groups is 2. The number of aliphatic imine (C=N–C) groups is 1. The largest absolute Gasteiger partial charge is 0.400 e. The molecule has 0 saturated heterocycles. The van der Waals surface area contributed by atoms with Gasteiger partial charge in [-0.05, 0) is 18.4 Å². The number of aldehydes is 1. The van der Waals surface area contributed by atoms with Gasteiger partial charge in [0.2, 0.25) is 0 Å². The number of aliphatic hydroxyl groups is 1. The predicted molar refractivity (Wildman–Crippen MR) is 118 cm³/mol. The minimum Gasteiger partial charge on any atom is -0.400 e. The van der Waals surface area contributed by atoms with Gasteiger partial charge < -0.3 is 30.2 Å². The van der Waals surface area contributed by atoms with Crippen LogP contribution in [0.2, 0.25) is 0 Å². The van der Waals surface area contributed by atoms with Gasteiger partial charge in [0.15, 0.2) is 0 Å². The first-order valence-corrected chi connectivity index (χ1v) is 10.3. The van der Waals surface area contributed by atoms with Crippen molar-refractivity contribution < 1.29 is 19.4 Å². The predicted octanol–water partition coefficient (Wildman–Crippen LogP) is 1.63. The highest BCUT2D eigenvalue weighted by atomic mass is 16.5. The van der Waals surface area contributed by atoms with Gasteiger partial charge in [0.05, 0.1) is 38.7 Å². The maximum absolute atomic E-state index is 13.1. The molecule has 0 radical (unpaired) electrons.